The van der Waals surface area contributed by atoms with Crippen LogP contribution in [0.4, 0.5) is 0 Å². The van der Waals surface area contributed by atoms with Crippen molar-refractivity contribution >= 4 is 0 Å². The van der Waals surface area contributed by atoms with Crippen molar-refractivity contribution in [2.75, 3.05) is 26.2 Å². The molecule has 0 bridgehead atoms. The summed E-state index contributed by atoms with van der Waals surface area (Å²) in [5, 5.41) is 10.0. The van der Waals surface area contributed by atoms with Crippen LogP contribution in [0.15, 0.2) is 0 Å². The quantitative estimate of drug-likeness (QED) is 0.734. The third-order valence-electron chi connectivity index (χ3n) is 3.78. The molecule has 0 aromatic rings. The summed E-state index contributed by atoms with van der Waals surface area (Å²) in [5.41, 5.74) is -0.545. The molecule has 0 amide bonds. The number of rotatable bonds is 6. The van der Waals surface area contributed by atoms with Crippen molar-refractivity contribution in [1.82, 2.24) is 4.90 Å². The summed E-state index contributed by atoms with van der Waals surface area (Å²) < 4.78 is 5.65. The highest BCUT2D eigenvalue weighted by atomic mass is 16.5. The number of aliphatic hydroxyl groups is 1. The smallest absolute Gasteiger partial charge is 0.125 e. The molecular formula is C15H27NO2. The maximum Gasteiger partial charge on any atom is 0.125 e. The second kappa shape index (κ2) is 7.13. The van der Waals surface area contributed by atoms with E-state index in [0.29, 0.717) is 13.2 Å². The molecule has 1 heterocycles. The van der Waals surface area contributed by atoms with Gasteiger partial charge in [-0.2, -0.15) is 0 Å². The van der Waals surface area contributed by atoms with Gasteiger partial charge in [0.05, 0.1) is 12.7 Å². The fraction of sp³-hybridized carbons (Fsp3) is 0.867. The Morgan fingerprint density at radius 1 is 1.61 bits per heavy atom. The van der Waals surface area contributed by atoms with Gasteiger partial charge in [-0.25, -0.2) is 0 Å². The molecule has 0 aliphatic carbocycles. The Hall–Kier alpha value is -0.560. The van der Waals surface area contributed by atoms with Gasteiger partial charge < -0.3 is 14.7 Å². The molecule has 3 nitrogen and oxygen atoms in total. The lowest BCUT2D eigenvalue weighted by Gasteiger charge is -2.33. The van der Waals surface area contributed by atoms with E-state index in [-0.39, 0.29) is 0 Å². The fourth-order valence-electron chi connectivity index (χ4n) is 2.33. The topological polar surface area (TPSA) is 32.7 Å². The van der Waals surface area contributed by atoms with Gasteiger partial charge in [-0.05, 0) is 38.6 Å². The van der Waals surface area contributed by atoms with Crippen LogP contribution in [0.25, 0.3) is 0 Å². The zero-order chi connectivity index (χ0) is 13.6. The summed E-state index contributed by atoms with van der Waals surface area (Å²) in [6.07, 6.45) is 8.28. The molecule has 1 saturated heterocycles. The highest BCUT2D eigenvalue weighted by Gasteiger charge is 2.23. The van der Waals surface area contributed by atoms with Gasteiger partial charge in [0.15, 0.2) is 0 Å². The van der Waals surface area contributed by atoms with Crippen LogP contribution in [-0.2, 0) is 4.74 Å². The van der Waals surface area contributed by atoms with Crippen LogP contribution >= 0.6 is 0 Å². The fourth-order valence-corrected chi connectivity index (χ4v) is 2.33. The summed E-state index contributed by atoms with van der Waals surface area (Å²) >= 11 is 0. The summed E-state index contributed by atoms with van der Waals surface area (Å²) in [7, 11) is 0. The third-order valence-corrected chi connectivity index (χ3v) is 3.78. The Balaban J connectivity index is 2.29. The standard InChI is InChI=1S/C15H27NO2/c1-5-15(4,6-2)18-12-14(17)11-16-9-7-8-13(3)10-16/h1,13-14,17H,6-12H2,2-4H3/t13-,14+,15-/m0/s1. The van der Waals surface area contributed by atoms with E-state index in [1.165, 1.54) is 12.8 Å². The van der Waals surface area contributed by atoms with Crippen LogP contribution in [0.5, 0.6) is 0 Å². The predicted octanol–water partition coefficient (Wildman–Crippen LogP) is 1.90. The Bertz CT molecular complexity index is 287. The second-order valence-electron chi connectivity index (χ2n) is 5.70. The van der Waals surface area contributed by atoms with Crippen molar-refractivity contribution in [3.63, 3.8) is 0 Å². The van der Waals surface area contributed by atoms with Gasteiger partial charge in [-0.1, -0.05) is 19.8 Å². The zero-order valence-electron chi connectivity index (χ0n) is 12.0. The Morgan fingerprint density at radius 2 is 2.33 bits per heavy atom. The van der Waals surface area contributed by atoms with Crippen molar-refractivity contribution in [2.24, 2.45) is 5.92 Å². The lowest BCUT2D eigenvalue weighted by atomic mass is 10.00. The summed E-state index contributed by atoms with van der Waals surface area (Å²) in [6, 6.07) is 0. The van der Waals surface area contributed by atoms with Crippen molar-refractivity contribution in [2.45, 2.75) is 51.7 Å². The molecule has 0 aromatic carbocycles. The minimum absolute atomic E-state index is 0.319. The number of piperidine rings is 1. The average Bonchev–Trinajstić information content (AvgIpc) is 2.36. The van der Waals surface area contributed by atoms with E-state index >= 15 is 0 Å². The first kappa shape index (κ1) is 15.5. The van der Waals surface area contributed by atoms with Crippen LogP contribution in [0.2, 0.25) is 0 Å². The molecule has 3 heteroatoms. The summed E-state index contributed by atoms with van der Waals surface area (Å²) in [4.78, 5) is 2.32. The van der Waals surface area contributed by atoms with Gasteiger partial charge in [0, 0.05) is 13.1 Å². The number of ether oxygens (including phenoxy) is 1. The number of aliphatic hydroxyl groups excluding tert-OH is 1. The van der Waals surface area contributed by atoms with Crippen molar-refractivity contribution < 1.29 is 9.84 Å². The minimum atomic E-state index is -0.545. The summed E-state index contributed by atoms with van der Waals surface area (Å²) in [5.74, 6) is 3.38. The van der Waals surface area contributed by atoms with Gasteiger partial charge in [-0.3, -0.25) is 0 Å². The molecule has 3 atom stereocenters. The lowest BCUT2D eigenvalue weighted by molar-refractivity contribution is -0.0494. The van der Waals surface area contributed by atoms with Gasteiger partial charge in [-0.15, -0.1) is 6.42 Å². The molecule has 0 unspecified atom stereocenters. The number of likely N-dealkylation sites (tertiary alicyclic amines) is 1. The molecule has 104 valence electrons. The number of hydrogen-bond acceptors (Lipinski definition) is 3. The largest absolute Gasteiger partial charge is 0.389 e. The number of hydrogen-bond donors (Lipinski definition) is 1. The molecule has 0 spiro atoms. The van der Waals surface area contributed by atoms with E-state index in [1.54, 1.807) is 0 Å². The highest BCUT2D eigenvalue weighted by molar-refractivity contribution is 5.05. The second-order valence-corrected chi connectivity index (χ2v) is 5.70. The lowest BCUT2D eigenvalue weighted by Crippen LogP contribution is -2.42. The van der Waals surface area contributed by atoms with E-state index < -0.39 is 11.7 Å². The minimum Gasteiger partial charge on any atom is -0.389 e. The van der Waals surface area contributed by atoms with E-state index in [2.05, 4.69) is 17.7 Å². The van der Waals surface area contributed by atoms with Crippen LogP contribution in [0, 0.1) is 18.3 Å². The number of β-amino-alcohol motifs (C(OH)–C–C–N with tert-alkyl or cyclic N) is 1. The van der Waals surface area contributed by atoms with Crippen LogP contribution < -0.4 is 0 Å². The molecular weight excluding hydrogens is 226 g/mol. The Kier molecular flexibility index (Phi) is 6.14. The molecule has 0 radical (unpaired) electrons. The molecule has 1 aliphatic heterocycles. The first-order valence-corrected chi connectivity index (χ1v) is 7.01. The molecule has 1 rings (SSSR count). The third kappa shape index (κ3) is 4.97. The van der Waals surface area contributed by atoms with E-state index in [1.807, 2.05) is 13.8 Å². The molecule has 1 N–H and O–H groups in total. The van der Waals surface area contributed by atoms with Crippen molar-refractivity contribution in [3.8, 4) is 12.3 Å². The van der Waals surface area contributed by atoms with Crippen LogP contribution in [-0.4, -0.2) is 48.0 Å². The highest BCUT2D eigenvalue weighted by Crippen LogP contribution is 2.17. The Morgan fingerprint density at radius 3 is 2.89 bits per heavy atom. The molecule has 1 fully saturated rings. The van der Waals surface area contributed by atoms with Gasteiger partial charge >= 0.3 is 0 Å². The van der Waals surface area contributed by atoms with Crippen LogP contribution in [0.3, 0.4) is 0 Å². The zero-order valence-corrected chi connectivity index (χ0v) is 12.0. The molecule has 18 heavy (non-hydrogen) atoms. The first-order chi connectivity index (χ1) is 8.49. The summed E-state index contributed by atoms with van der Waals surface area (Å²) in [6.45, 7) is 9.33. The van der Waals surface area contributed by atoms with Crippen molar-refractivity contribution in [1.29, 1.82) is 0 Å². The molecule has 0 saturated carbocycles. The number of terminal acetylenes is 1. The average molecular weight is 253 g/mol. The van der Waals surface area contributed by atoms with Gasteiger partial charge in [0.1, 0.15) is 5.60 Å². The predicted molar refractivity (Wildman–Crippen MR) is 74.3 cm³/mol. The Labute approximate surface area is 112 Å². The normalized spacial score (nSPS) is 26.3. The van der Waals surface area contributed by atoms with E-state index in [9.17, 15) is 5.11 Å². The van der Waals surface area contributed by atoms with Crippen molar-refractivity contribution in [3.05, 3.63) is 0 Å². The van der Waals surface area contributed by atoms with E-state index in [0.717, 1.165) is 25.4 Å². The van der Waals surface area contributed by atoms with Crippen LogP contribution in [0.1, 0.15) is 40.0 Å². The SMILES string of the molecule is C#C[C@@](C)(CC)OC[C@H](O)CN1CCC[C@H](C)C1. The number of nitrogens with zero attached hydrogens (tertiary/aromatic N) is 1. The molecule has 0 aromatic heterocycles. The van der Waals surface area contributed by atoms with Gasteiger partial charge in [0.2, 0.25) is 0 Å². The molecule has 1 aliphatic rings. The maximum absolute atomic E-state index is 10.0. The monoisotopic (exact) mass is 253 g/mol. The maximum atomic E-state index is 10.0. The first-order valence-electron chi connectivity index (χ1n) is 7.01. The van der Waals surface area contributed by atoms with Gasteiger partial charge in [0.25, 0.3) is 0 Å². The van der Waals surface area contributed by atoms with E-state index in [4.69, 9.17) is 11.2 Å².